The molecule has 1 aromatic carbocycles. The molecule has 0 bridgehead atoms. The standard InChI is InChI=1S/C14H11N3O3/c1-7-6-10(8(2)17-16-7)13-15-12-9(14(18)19)4-3-5-11(12)20-13/h3-6H,1-2H3,(H,18,19). The van der Waals surface area contributed by atoms with Gasteiger partial charge < -0.3 is 9.52 Å². The lowest BCUT2D eigenvalue weighted by Gasteiger charge is -1.99. The van der Waals surface area contributed by atoms with Gasteiger partial charge in [-0.1, -0.05) is 6.07 Å². The van der Waals surface area contributed by atoms with Crippen molar-refractivity contribution in [1.29, 1.82) is 0 Å². The Morgan fingerprint density at radius 3 is 2.80 bits per heavy atom. The van der Waals surface area contributed by atoms with Crippen LogP contribution in [0.25, 0.3) is 22.6 Å². The SMILES string of the molecule is Cc1cc(-c2nc3c(C(=O)O)cccc3o2)c(C)nn1. The number of aromatic nitrogens is 3. The Balaban J connectivity index is 2.26. The fourth-order valence-electron chi connectivity index (χ4n) is 2.00. The Labute approximate surface area is 114 Å². The first kappa shape index (κ1) is 12.3. The van der Waals surface area contributed by atoms with Crippen LogP contribution in [0.2, 0.25) is 0 Å². The van der Waals surface area contributed by atoms with E-state index >= 15 is 0 Å². The van der Waals surface area contributed by atoms with E-state index in [9.17, 15) is 4.79 Å². The third-order valence-electron chi connectivity index (χ3n) is 2.98. The molecule has 0 amide bonds. The van der Waals surface area contributed by atoms with Gasteiger partial charge in [0.25, 0.3) is 0 Å². The minimum absolute atomic E-state index is 0.119. The largest absolute Gasteiger partial charge is 0.478 e. The van der Waals surface area contributed by atoms with E-state index in [1.165, 1.54) is 6.07 Å². The minimum atomic E-state index is -1.03. The Bertz CT molecular complexity index is 824. The van der Waals surface area contributed by atoms with E-state index < -0.39 is 5.97 Å². The average molecular weight is 269 g/mol. The summed E-state index contributed by atoms with van der Waals surface area (Å²) in [6.45, 7) is 3.62. The van der Waals surface area contributed by atoms with Crippen LogP contribution in [-0.4, -0.2) is 26.3 Å². The van der Waals surface area contributed by atoms with E-state index in [-0.39, 0.29) is 5.56 Å². The van der Waals surface area contributed by atoms with E-state index in [4.69, 9.17) is 9.52 Å². The third kappa shape index (κ3) is 1.91. The van der Waals surface area contributed by atoms with Gasteiger partial charge in [-0.3, -0.25) is 0 Å². The van der Waals surface area contributed by atoms with Gasteiger partial charge in [-0.2, -0.15) is 10.2 Å². The first-order valence-electron chi connectivity index (χ1n) is 6.00. The van der Waals surface area contributed by atoms with Crippen molar-refractivity contribution in [3.63, 3.8) is 0 Å². The lowest BCUT2D eigenvalue weighted by atomic mass is 10.2. The van der Waals surface area contributed by atoms with Crippen molar-refractivity contribution in [3.05, 3.63) is 41.2 Å². The van der Waals surface area contributed by atoms with Gasteiger partial charge in [-0.25, -0.2) is 9.78 Å². The van der Waals surface area contributed by atoms with Crippen LogP contribution in [0.1, 0.15) is 21.7 Å². The molecule has 0 fully saturated rings. The van der Waals surface area contributed by atoms with Crippen LogP contribution in [0, 0.1) is 13.8 Å². The number of carboxylic acids is 1. The number of para-hydroxylation sites is 1. The highest BCUT2D eigenvalue weighted by Gasteiger charge is 2.17. The van der Waals surface area contributed by atoms with Crippen LogP contribution in [0.4, 0.5) is 0 Å². The van der Waals surface area contributed by atoms with Crippen LogP contribution in [-0.2, 0) is 0 Å². The van der Waals surface area contributed by atoms with E-state index in [1.54, 1.807) is 19.1 Å². The van der Waals surface area contributed by atoms with Gasteiger partial charge in [-0.15, -0.1) is 0 Å². The molecule has 0 aliphatic carbocycles. The molecule has 0 saturated heterocycles. The van der Waals surface area contributed by atoms with Crippen LogP contribution in [0.15, 0.2) is 28.7 Å². The summed E-state index contributed by atoms with van der Waals surface area (Å²) in [5.41, 5.74) is 3.03. The maximum atomic E-state index is 11.2. The second-order valence-corrected chi connectivity index (χ2v) is 4.46. The predicted octanol–water partition coefficient (Wildman–Crippen LogP) is 2.60. The molecule has 3 aromatic rings. The van der Waals surface area contributed by atoms with Crippen LogP contribution >= 0.6 is 0 Å². The third-order valence-corrected chi connectivity index (χ3v) is 2.98. The number of nitrogens with zero attached hydrogens (tertiary/aromatic N) is 3. The summed E-state index contributed by atoms with van der Waals surface area (Å²) >= 11 is 0. The van der Waals surface area contributed by atoms with Crippen LogP contribution in [0.5, 0.6) is 0 Å². The molecule has 100 valence electrons. The van der Waals surface area contributed by atoms with Gasteiger partial charge in [0.05, 0.1) is 22.5 Å². The van der Waals surface area contributed by atoms with Crippen LogP contribution in [0.3, 0.4) is 0 Å². The minimum Gasteiger partial charge on any atom is -0.478 e. The predicted molar refractivity (Wildman–Crippen MR) is 71.5 cm³/mol. The number of aryl methyl sites for hydroxylation is 2. The summed E-state index contributed by atoms with van der Waals surface area (Å²) in [6.07, 6.45) is 0. The quantitative estimate of drug-likeness (QED) is 0.769. The number of rotatable bonds is 2. The normalized spacial score (nSPS) is 10.9. The Hall–Kier alpha value is -2.76. The smallest absolute Gasteiger partial charge is 0.338 e. The highest BCUT2D eigenvalue weighted by molar-refractivity contribution is 6.00. The number of aromatic carboxylic acids is 1. The molecule has 6 nitrogen and oxygen atoms in total. The van der Waals surface area contributed by atoms with Crippen molar-refractivity contribution in [2.45, 2.75) is 13.8 Å². The van der Waals surface area contributed by atoms with Gasteiger partial charge in [0.2, 0.25) is 5.89 Å². The van der Waals surface area contributed by atoms with Gasteiger partial charge in [0.1, 0.15) is 5.52 Å². The molecule has 1 N–H and O–H groups in total. The van der Waals surface area contributed by atoms with Crippen molar-refractivity contribution in [2.75, 3.05) is 0 Å². The molecule has 0 atom stereocenters. The highest BCUT2D eigenvalue weighted by atomic mass is 16.4. The number of hydrogen-bond acceptors (Lipinski definition) is 5. The second-order valence-electron chi connectivity index (χ2n) is 4.46. The number of carboxylic acid groups (broad SMARTS) is 1. The zero-order valence-corrected chi connectivity index (χ0v) is 10.9. The summed E-state index contributed by atoms with van der Waals surface area (Å²) in [5.74, 6) is -0.680. The number of oxazole rings is 1. The van der Waals surface area contributed by atoms with Gasteiger partial charge in [0.15, 0.2) is 5.58 Å². The molecular weight excluding hydrogens is 258 g/mol. The lowest BCUT2D eigenvalue weighted by Crippen LogP contribution is -1.97. The maximum absolute atomic E-state index is 11.2. The first-order valence-corrected chi connectivity index (χ1v) is 6.00. The summed E-state index contributed by atoms with van der Waals surface area (Å²) in [4.78, 5) is 15.5. The molecule has 0 spiro atoms. The fraction of sp³-hybridized carbons (Fsp3) is 0.143. The molecule has 3 rings (SSSR count). The molecule has 0 unspecified atom stereocenters. The van der Waals surface area contributed by atoms with Crippen LogP contribution < -0.4 is 0 Å². The van der Waals surface area contributed by atoms with Crippen molar-refractivity contribution >= 4 is 17.1 Å². The molecule has 0 radical (unpaired) electrons. The Kier molecular flexibility index (Phi) is 2.71. The number of carbonyl (C=O) groups is 1. The number of benzene rings is 1. The molecular formula is C14H11N3O3. The molecule has 6 heteroatoms. The number of hydrogen-bond donors (Lipinski definition) is 1. The van der Waals surface area contributed by atoms with Crippen molar-refractivity contribution in [2.24, 2.45) is 0 Å². The zero-order chi connectivity index (χ0) is 14.3. The second kappa shape index (κ2) is 4.41. The summed E-state index contributed by atoms with van der Waals surface area (Å²) in [6, 6.07) is 6.63. The van der Waals surface area contributed by atoms with Gasteiger partial charge in [-0.05, 0) is 32.0 Å². The Morgan fingerprint density at radius 1 is 1.25 bits per heavy atom. The van der Waals surface area contributed by atoms with E-state index in [2.05, 4.69) is 15.2 Å². The topological polar surface area (TPSA) is 89.1 Å². The number of fused-ring (bicyclic) bond motifs is 1. The highest BCUT2D eigenvalue weighted by Crippen LogP contribution is 2.27. The molecule has 0 saturated carbocycles. The zero-order valence-electron chi connectivity index (χ0n) is 10.9. The first-order chi connectivity index (χ1) is 9.56. The monoisotopic (exact) mass is 269 g/mol. The van der Waals surface area contributed by atoms with Crippen molar-refractivity contribution < 1.29 is 14.3 Å². The molecule has 20 heavy (non-hydrogen) atoms. The fourth-order valence-corrected chi connectivity index (χ4v) is 2.00. The molecule has 0 aliphatic heterocycles. The van der Waals surface area contributed by atoms with E-state index in [0.717, 1.165) is 5.69 Å². The summed E-state index contributed by atoms with van der Waals surface area (Å²) in [5, 5.41) is 17.1. The van der Waals surface area contributed by atoms with Crippen molar-refractivity contribution in [3.8, 4) is 11.5 Å². The average Bonchev–Trinajstić information content (AvgIpc) is 2.84. The van der Waals surface area contributed by atoms with E-state index in [1.807, 2.05) is 13.0 Å². The molecule has 2 heterocycles. The molecule has 0 aliphatic rings. The van der Waals surface area contributed by atoms with E-state index in [0.29, 0.717) is 28.2 Å². The summed E-state index contributed by atoms with van der Waals surface area (Å²) < 4.78 is 5.64. The lowest BCUT2D eigenvalue weighted by molar-refractivity contribution is 0.0699. The summed E-state index contributed by atoms with van der Waals surface area (Å²) in [7, 11) is 0. The maximum Gasteiger partial charge on any atom is 0.338 e. The van der Waals surface area contributed by atoms with Gasteiger partial charge >= 0.3 is 5.97 Å². The van der Waals surface area contributed by atoms with Gasteiger partial charge in [0, 0.05) is 0 Å². The molecule has 2 aromatic heterocycles. The Morgan fingerprint density at radius 2 is 2.05 bits per heavy atom. The van der Waals surface area contributed by atoms with Crippen molar-refractivity contribution in [1.82, 2.24) is 15.2 Å².